The summed E-state index contributed by atoms with van der Waals surface area (Å²) in [7, 11) is 6.71. The molecular weight excluding hydrogens is 464 g/mol. The lowest BCUT2D eigenvalue weighted by atomic mass is 10.0. The monoisotopic (exact) mass is 498 g/mol. The van der Waals surface area contributed by atoms with Gasteiger partial charge in [0.05, 0.1) is 28.4 Å². The minimum atomic E-state index is 0.760. The summed E-state index contributed by atoms with van der Waals surface area (Å²) in [6, 6.07) is 28.4. The Morgan fingerprint density at radius 3 is 1.41 bits per heavy atom. The third kappa shape index (κ3) is 7.43. The molecule has 0 saturated carbocycles. The van der Waals surface area contributed by atoms with Crippen LogP contribution in [0.4, 0.5) is 0 Å². The maximum atomic E-state index is 6.20. The minimum absolute atomic E-state index is 0.760. The predicted octanol–water partition coefficient (Wildman–Crippen LogP) is 7.08. The van der Waals surface area contributed by atoms with Crippen LogP contribution >= 0.6 is 0 Å². The summed E-state index contributed by atoms with van der Waals surface area (Å²) in [5.74, 6) is 4.82. The Morgan fingerprint density at radius 1 is 0.378 bits per heavy atom. The van der Waals surface area contributed by atoms with Gasteiger partial charge in [0.25, 0.3) is 0 Å². The second kappa shape index (κ2) is 12.7. The molecule has 0 saturated heterocycles. The lowest BCUT2D eigenvalue weighted by molar-refractivity contribution is 0.393. The number of methoxy groups -OCH3 is 4. The molecule has 0 unspecified atom stereocenters. The van der Waals surface area contributed by atoms with Gasteiger partial charge in [0.15, 0.2) is 0 Å². The Bertz CT molecular complexity index is 1270. The zero-order chi connectivity index (χ0) is 26.0. The second-order valence-corrected chi connectivity index (χ2v) is 8.84. The van der Waals surface area contributed by atoms with Crippen LogP contribution in [0.15, 0.2) is 84.9 Å². The molecule has 0 heterocycles. The molecule has 4 rings (SSSR count). The molecule has 192 valence electrons. The van der Waals surface area contributed by atoms with E-state index in [9.17, 15) is 0 Å². The normalized spacial score (nSPS) is 10.6. The maximum absolute atomic E-state index is 6.20. The second-order valence-electron chi connectivity index (χ2n) is 8.84. The Morgan fingerprint density at radius 2 is 0.838 bits per heavy atom. The Hall–Kier alpha value is -4.12. The van der Waals surface area contributed by atoms with Gasteiger partial charge in [-0.15, -0.1) is 0 Å². The molecule has 4 aromatic rings. The van der Waals surface area contributed by atoms with E-state index in [0.717, 1.165) is 65.7 Å². The Labute approximate surface area is 219 Å². The van der Waals surface area contributed by atoms with Crippen molar-refractivity contribution in [3.63, 3.8) is 0 Å². The van der Waals surface area contributed by atoms with Gasteiger partial charge in [-0.1, -0.05) is 24.3 Å². The summed E-state index contributed by atoms with van der Waals surface area (Å²) >= 11 is 0. The van der Waals surface area contributed by atoms with Crippen LogP contribution in [0, 0.1) is 0 Å². The lowest BCUT2D eigenvalue weighted by Gasteiger charge is -2.12. The molecule has 0 amide bonds. The van der Waals surface area contributed by atoms with Gasteiger partial charge in [0.2, 0.25) is 0 Å². The van der Waals surface area contributed by atoms with Crippen LogP contribution in [0.1, 0.15) is 22.3 Å². The Kier molecular flexibility index (Phi) is 8.93. The van der Waals surface area contributed by atoms with E-state index >= 15 is 0 Å². The summed E-state index contributed by atoms with van der Waals surface area (Å²) in [5, 5.41) is 0. The summed E-state index contributed by atoms with van der Waals surface area (Å²) in [6.45, 7) is 0. The van der Waals surface area contributed by atoms with E-state index < -0.39 is 0 Å². The molecular formula is C32H34O5. The first-order chi connectivity index (χ1) is 18.1. The van der Waals surface area contributed by atoms with Gasteiger partial charge in [-0.2, -0.15) is 0 Å². The SMILES string of the molecule is COc1cccc(CCc2cc(OC)cc(Oc3ccc(CCc4cc(OC)cc(OC)c4)cc3)c2)c1. The highest BCUT2D eigenvalue weighted by Gasteiger charge is 2.07. The molecule has 0 N–H and O–H groups in total. The largest absolute Gasteiger partial charge is 0.497 e. The third-order valence-electron chi connectivity index (χ3n) is 6.28. The van der Waals surface area contributed by atoms with Crippen molar-refractivity contribution in [1.82, 2.24) is 0 Å². The summed E-state index contributed by atoms with van der Waals surface area (Å²) in [4.78, 5) is 0. The first-order valence-electron chi connectivity index (χ1n) is 12.4. The molecule has 0 aliphatic carbocycles. The van der Waals surface area contributed by atoms with Crippen LogP contribution in [0.3, 0.4) is 0 Å². The van der Waals surface area contributed by atoms with Gasteiger partial charge in [0, 0.05) is 12.1 Å². The minimum Gasteiger partial charge on any atom is -0.497 e. The molecule has 0 aliphatic rings. The number of rotatable bonds is 12. The van der Waals surface area contributed by atoms with Crippen molar-refractivity contribution >= 4 is 0 Å². The van der Waals surface area contributed by atoms with Crippen LogP contribution in [0.5, 0.6) is 34.5 Å². The smallest absolute Gasteiger partial charge is 0.131 e. The fourth-order valence-electron chi connectivity index (χ4n) is 4.23. The first kappa shape index (κ1) is 26.0. The zero-order valence-corrected chi connectivity index (χ0v) is 22.0. The number of benzene rings is 4. The molecule has 0 fully saturated rings. The van der Waals surface area contributed by atoms with Crippen molar-refractivity contribution < 1.29 is 23.7 Å². The van der Waals surface area contributed by atoms with E-state index in [1.54, 1.807) is 28.4 Å². The van der Waals surface area contributed by atoms with Gasteiger partial charge in [-0.3, -0.25) is 0 Å². The fourth-order valence-corrected chi connectivity index (χ4v) is 4.23. The average Bonchev–Trinajstić information content (AvgIpc) is 2.95. The van der Waals surface area contributed by atoms with Gasteiger partial charge >= 0.3 is 0 Å². The van der Waals surface area contributed by atoms with E-state index in [0.29, 0.717) is 0 Å². The van der Waals surface area contributed by atoms with Gasteiger partial charge in [-0.25, -0.2) is 0 Å². The highest BCUT2D eigenvalue weighted by Crippen LogP contribution is 2.29. The van der Waals surface area contributed by atoms with Crippen molar-refractivity contribution in [1.29, 1.82) is 0 Å². The highest BCUT2D eigenvalue weighted by molar-refractivity contribution is 5.42. The molecule has 0 aromatic heterocycles. The zero-order valence-electron chi connectivity index (χ0n) is 22.0. The van der Waals surface area contributed by atoms with Crippen molar-refractivity contribution in [3.8, 4) is 34.5 Å². The van der Waals surface area contributed by atoms with Crippen LogP contribution in [-0.2, 0) is 25.7 Å². The van der Waals surface area contributed by atoms with Crippen molar-refractivity contribution in [2.45, 2.75) is 25.7 Å². The van der Waals surface area contributed by atoms with Crippen LogP contribution < -0.4 is 23.7 Å². The molecule has 0 aliphatic heterocycles. The van der Waals surface area contributed by atoms with E-state index in [2.05, 4.69) is 48.5 Å². The quantitative estimate of drug-likeness (QED) is 0.209. The highest BCUT2D eigenvalue weighted by atomic mass is 16.5. The van der Waals surface area contributed by atoms with Crippen LogP contribution in [0.25, 0.3) is 0 Å². The topological polar surface area (TPSA) is 46.2 Å². The standard InChI is InChI=1S/C32H34O5/c1-33-28-7-5-6-24(16-28)9-11-26-19-31(36-4)22-32(20-26)37-27-14-12-23(13-15-27)8-10-25-17-29(34-2)21-30(18-25)35-3/h5-7,12-22H,8-11H2,1-4H3. The van der Waals surface area contributed by atoms with E-state index in [1.165, 1.54) is 16.7 Å². The maximum Gasteiger partial charge on any atom is 0.131 e. The van der Waals surface area contributed by atoms with E-state index in [4.69, 9.17) is 23.7 Å². The van der Waals surface area contributed by atoms with E-state index in [1.807, 2.05) is 36.4 Å². The number of aryl methyl sites for hydroxylation is 4. The van der Waals surface area contributed by atoms with E-state index in [-0.39, 0.29) is 0 Å². The predicted molar refractivity (Wildman–Crippen MR) is 147 cm³/mol. The molecule has 0 atom stereocenters. The lowest BCUT2D eigenvalue weighted by Crippen LogP contribution is -1.96. The van der Waals surface area contributed by atoms with Gasteiger partial charge in [-0.05, 0) is 96.5 Å². The summed E-state index contributed by atoms with van der Waals surface area (Å²) in [5.41, 5.74) is 4.79. The molecule has 0 bridgehead atoms. The molecule has 0 spiro atoms. The van der Waals surface area contributed by atoms with Crippen molar-refractivity contribution in [3.05, 3.63) is 107 Å². The first-order valence-corrected chi connectivity index (χ1v) is 12.4. The summed E-state index contributed by atoms with van der Waals surface area (Å²) < 4.78 is 27.8. The number of hydrogen-bond acceptors (Lipinski definition) is 5. The van der Waals surface area contributed by atoms with Crippen LogP contribution in [0.2, 0.25) is 0 Å². The van der Waals surface area contributed by atoms with Gasteiger partial charge in [0.1, 0.15) is 34.5 Å². The van der Waals surface area contributed by atoms with Crippen LogP contribution in [-0.4, -0.2) is 28.4 Å². The molecule has 0 radical (unpaired) electrons. The third-order valence-corrected chi connectivity index (χ3v) is 6.28. The molecule has 5 nitrogen and oxygen atoms in total. The molecule has 4 aromatic carbocycles. The van der Waals surface area contributed by atoms with Gasteiger partial charge < -0.3 is 23.7 Å². The number of ether oxygens (including phenoxy) is 5. The average molecular weight is 499 g/mol. The van der Waals surface area contributed by atoms with Crippen molar-refractivity contribution in [2.24, 2.45) is 0 Å². The fraction of sp³-hybridized carbons (Fsp3) is 0.250. The number of hydrogen-bond donors (Lipinski definition) is 0. The molecule has 37 heavy (non-hydrogen) atoms. The Balaban J connectivity index is 1.39. The molecule has 5 heteroatoms. The summed E-state index contributed by atoms with van der Waals surface area (Å²) in [6.07, 6.45) is 3.57. The van der Waals surface area contributed by atoms with Crippen molar-refractivity contribution in [2.75, 3.05) is 28.4 Å².